The van der Waals surface area contributed by atoms with Crippen molar-refractivity contribution in [1.29, 1.82) is 0 Å². The van der Waals surface area contributed by atoms with Crippen molar-refractivity contribution < 1.29 is 27.8 Å². The first kappa shape index (κ1) is 14.1. The van der Waals surface area contributed by atoms with Crippen LogP contribution in [0, 0.1) is 0 Å². The fourth-order valence-electron chi connectivity index (χ4n) is 2.15. The summed E-state index contributed by atoms with van der Waals surface area (Å²) in [6, 6.07) is 9.22. The number of halogens is 1. The molecule has 1 aliphatic heterocycles. The molecule has 0 fully saturated rings. The van der Waals surface area contributed by atoms with E-state index in [1.54, 1.807) is 20.8 Å². The van der Waals surface area contributed by atoms with Crippen molar-refractivity contribution in [3.05, 3.63) is 35.9 Å². The van der Waals surface area contributed by atoms with E-state index in [0.717, 1.165) is 0 Å². The summed E-state index contributed by atoms with van der Waals surface area (Å²) in [5, 5.41) is 20.8. The number of hydroxylamine groups is 2. The van der Waals surface area contributed by atoms with Gasteiger partial charge in [0.25, 0.3) is 0 Å². The van der Waals surface area contributed by atoms with Gasteiger partial charge in [0.2, 0.25) is 11.6 Å². The Morgan fingerprint density at radius 2 is 1.71 bits per heavy atom. The van der Waals surface area contributed by atoms with Gasteiger partial charge in [-0.3, -0.25) is 0 Å². The fourth-order valence-corrected chi connectivity index (χ4v) is 2.15. The number of amidine groups is 1. The molecule has 0 saturated carbocycles. The van der Waals surface area contributed by atoms with Gasteiger partial charge in [-0.1, -0.05) is 30.3 Å². The van der Waals surface area contributed by atoms with Gasteiger partial charge in [0.1, 0.15) is 0 Å². The van der Waals surface area contributed by atoms with E-state index in [1.807, 2.05) is 30.3 Å². The highest BCUT2D eigenvalue weighted by molar-refractivity contribution is 5.73. The summed E-state index contributed by atoms with van der Waals surface area (Å²) >= 11 is 0. The van der Waals surface area contributed by atoms with Crippen LogP contribution in [-0.4, -0.2) is 21.7 Å². The van der Waals surface area contributed by atoms with Gasteiger partial charge in [0.05, 0.1) is 0 Å². The Morgan fingerprint density at radius 3 is 2.12 bits per heavy atom. The molecule has 4 nitrogen and oxygen atoms in total. The highest BCUT2D eigenvalue weighted by atomic mass is 35.5. The van der Waals surface area contributed by atoms with Crippen LogP contribution in [0.1, 0.15) is 26.3 Å². The van der Waals surface area contributed by atoms with E-state index in [1.165, 1.54) is 0 Å². The fraction of sp³-hybridized carbons (Fsp3) is 0.417. The second-order valence-corrected chi connectivity index (χ2v) is 4.71. The Bertz CT molecular complexity index is 433. The van der Waals surface area contributed by atoms with Crippen molar-refractivity contribution >= 4 is 5.84 Å². The molecule has 0 radical (unpaired) electrons. The third-order valence-electron chi connectivity index (χ3n) is 3.31. The van der Waals surface area contributed by atoms with Crippen LogP contribution in [-0.2, 0) is 5.72 Å². The second-order valence-electron chi connectivity index (χ2n) is 4.71. The average molecular weight is 257 g/mol. The van der Waals surface area contributed by atoms with Crippen LogP contribution in [0.5, 0.6) is 0 Å². The summed E-state index contributed by atoms with van der Waals surface area (Å²) in [4.78, 5) is 4.21. The highest BCUT2D eigenvalue weighted by Crippen LogP contribution is 2.34. The third-order valence-corrected chi connectivity index (χ3v) is 3.31. The lowest BCUT2D eigenvalue weighted by Crippen LogP contribution is -3.19. The van der Waals surface area contributed by atoms with E-state index in [9.17, 15) is 10.3 Å². The second kappa shape index (κ2) is 4.38. The molecule has 2 unspecified atom stereocenters. The number of aliphatic hydroxyl groups is 1. The van der Waals surface area contributed by atoms with E-state index < -0.39 is 11.3 Å². The zero-order chi connectivity index (χ0) is 12.0. The lowest BCUT2D eigenvalue weighted by molar-refractivity contribution is -1.05. The number of hydrogen-bond acceptors (Lipinski definition) is 3. The van der Waals surface area contributed by atoms with Gasteiger partial charge in [-0.25, -0.2) is 5.21 Å². The summed E-state index contributed by atoms with van der Waals surface area (Å²) in [5.74, 6) is 0.497. The quantitative estimate of drug-likeness (QED) is 0.513. The molecule has 0 bridgehead atoms. The van der Waals surface area contributed by atoms with Crippen LogP contribution in [0.2, 0.25) is 0 Å². The van der Waals surface area contributed by atoms with Crippen molar-refractivity contribution in [2.24, 2.45) is 4.99 Å². The molecule has 2 rings (SSSR count). The number of benzene rings is 1. The zero-order valence-electron chi connectivity index (χ0n) is 10.1. The van der Waals surface area contributed by atoms with Crippen molar-refractivity contribution in [2.75, 3.05) is 0 Å². The summed E-state index contributed by atoms with van der Waals surface area (Å²) < 4.78 is 0. The molecular weight excluding hydrogens is 240 g/mol. The lowest BCUT2D eigenvalue weighted by Gasteiger charge is -2.33. The summed E-state index contributed by atoms with van der Waals surface area (Å²) in [6.07, 6.45) is 0. The Labute approximate surface area is 107 Å². The van der Waals surface area contributed by atoms with E-state index in [0.29, 0.717) is 11.4 Å². The van der Waals surface area contributed by atoms with Gasteiger partial charge in [-0.15, -0.1) is 5.06 Å². The van der Waals surface area contributed by atoms with Gasteiger partial charge in [0, 0.05) is 12.5 Å². The molecule has 94 valence electrons. The number of nitrogens with zero attached hydrogens (tertiary/aromatic N) is 1. The molecule has 1 heterocycles. The van der Waals surface area contributed by atoms with Crippen molar-refractivity contribution in [3.8, 4) is 0 Å². The van der Waals surface area contributed by atoms with E-state index in [-0.39, 0.29) is 17.5 Å². The summed E-state index contributed by atoms with van der Waals surface area (Å²) in [7, 11) is 0. The van der Waals surface area contributed by atoms with E-state index in [4.69, 9.17) is 0 Å². The normalized spacial score (nSPS) is 30.6. The van der Waals surface area contributed by atoms with Crippen LogP contribution < -0.4 is 17.5 Å². The Kier molecular flexibility index (Phi) is 3.64. The summed E-state index contributed by atoms with van der Waals surface area (Å²) in [6.45, 7) is 5.28. The minimum Gasteiger partial charge on any atom is -1.00 e. The van der Waals surface area contributed by atoms with Crippen LogP contribution in [0.4, 0.5) is 0 Å². The summed E-state index contributed by atoms with van der Waals surface area (Å²) in [5.41, 5.74) is -1.47. The molecule has 5 heteroatoms. The first-order chi connectivity index (χ1) is 7.39. The first-order valence-electron chi connectivity index (χ1n) is 5.31. The van der Waals surface area contributed by atoms with Crippen LogP contribution >= 0.6 is 0 Å². The molecule has 0 saturated heterocycles. The predicted molar refractivity (Wildman–Crippen MR) is 60.3 cm³/mol. The number of rotatable bonds is 1. The number of nitrogens with one attached hydrogen (secondary N) is 1. The lowest BCUT2D eigenvalue weighted by atomic mass is 9.86. The van der Waals surface area contributed by atoms with Crippen LogP contribution in [0.3, 0.4) is 0 Å². The molecule has 17 heavy (non-hydrogen) atoms. The average Bonchev–Trinajstić information content (AvgIpc) is 2.42. The molecule has 2 atom stereocenters. The maximum atomic E-state index is 10.7. The highest BCUT2D eigenvalue weighted by Gasteiger charge is 2.59. The topological polar surface area (TPSA) is 57.3 Å². The molecule has 1 aromatic rings. The van der Waals surface area contributed by atoms with Crippen molar-refractivity contribution in [1.82, 2.24) is 0 Å². The molecule has 0 aromatic heterocycles. The number of aliphatic imine (C=N–C) groups is 1. The Balaban J connectivity index is 0.00000144. The molecule has 1 aromatic carbocycles. The molecule has 1 aliphatic rings. The standard InChI is InChI=1S/C12H16N2O2.ClH/c1-9-13-12(15,11(2,3)14(9)16)10-7-5-4-6-8-10;/h4-8,15-16H,1-3H3;1H. The van der Waals surface area contributed by atoms with Crippen molar-refractivity contribution in [3.63, 3.8) is 0 Å². The van der Waals surface area contributed by atoms with Gasteiger partial charge in [-0.2, -0.15) is 4.99 Å². The van der Waals surface area contributed by atoms with Gasteiger partial charge >= 0.3 is 0 Å². The first-order valence-corrected chi connectivity index (χ1v) is 5.31. The Morgan fingerprint density at radius 1 is 1.18 bits per heavy atom. The minimum absolute atomic E-state index is 0. The van der Waals surface area contributed by atoms with Crippen molar-refractivity contribution in [2.45, 2.75) is 32.0 Å². The van der Waals surface area contributed by atoms with E-state index >= 15 is 0 Å². The predicted octanol–water partition coefficient (Wildman–Crippen LogP) is -2.68. The SMILES string of the molecule is CC1=NC(O)(c2ccccc2)C(C)(C)[NH+]1O.[Cl-]. The number of hydrogen-bond donors (Lipinski definition) is 3. The molecule has 0 aliphatic carbocycles. The smallest absolute Gasteiger partial charge is 0.246 e. The number of quaternary nitrogens is 1. The maximum absolute atomic E-state index is 10.7. The van der Waals surface area contributed by atoms with Crippen LogP contribution in [0.25, 0.3) is 0 Å². The largest absolute Gasteiger partial charge is 1.00 e. The maximum Gasteiger partial charge on any atom is 0.246 e. The zero-order valence-corrected chi connectivity index (χ0v) is 10.9. The monoisotopic (exact) mass is 256 g/mol. The Hall–Kier alpha value is -0.940. The molecule has 0 spiro atoms. The third kappa shape index (κ3) is 1.87. The van der Waals surface area contributed by atoms with E-state index in [2.05, 4.69) is 4.99 Å². The van der Waals surface area contributed by atoms with Gasteiger partial charge in [0.15, 0.2) is 5.54 Å². The minimum atomic E-state index is -1.37. The van der Waals surface area contributed by atoms with Gasteiger partial charge < -0.3 is 17.5 Å². The van der Waals surface area contributed by atoms with Gasteiger partial charge in [-0.05, 0) is 13.8 Å². The molecule has 0 amide bonds. The van der Waals surface area contributed by atoms with Crippen LogP contribution in [0.15, 0.2) is 35.3 Å². The molecule has 3 N–H and O–H groups in total. The molecular formula is C12H17ClN2O2.